The lowest BCUT2D eigenvalue weighted by molar-refractivity contribution is -0.122. The minimum atomic E-state index is -0.151. The van der Waals surface area contributed by atoms with E-state index in [-0.39, 0.29) is 29.6 Å². The van der Waals surface area contributed by atoms with Gasteiger partial charge in [-0.25, -0.2) is 0 Å². The standard InChI is InChI=1S/C17H20N2O3/c1-2-18-15(20)11-7-9-12(10-8-11)19-16(21)13-5-3-4-6-14(13)17(19)22/h7-10,13-14H,2-6H2,1H3,(H,18,20). The fourth-order valence-corrected chi connectivity index (χ4v) is 3.44. The van der Waals surface area contributed by atoms with Crippen LogP contribution in [0, 0.1) is 11.8 Å². The number of benzene rings is 1. The Bertz CT molecular complexity index is 585. The summed E-state index contributed by atoms with van der Waals surface area (Å²) in [5.41, 5.74) is 1.10. The van der Waals surface area contributed by atoms with E-state index >= 15 is 0 Å². The minimum Gasteiger partial charge on any atom is -0.352 e. The molecule has 116 valence electrons. The van der Waals surface area contributed by atoms with Crippen LogP contribution in [0.25, 0.3) is 0 Å². The zero-order valence-corrected chi connectivity index (χ0v) is 12.7. The predicted octanol–water partition coefficient (Wildman–Crippen LogP) is 2.12. The van der Waals surface area contributed by atoms with Crippen molar-refractivity contribution in [1.29, 1.82) is 0 Å². The largest absolute Gasteiger partial charge is 0.352 e. The predicted molar refractivity (Wildman–Crippen MR) is 82.4 cm³/mol. The first-order valence-electron chi connectivity index (χ1n) is 7.89. The lowest BCUT2D eigenvalue weighted by Crippen LogP contribution is -2.31. The van der Waals surface area contributed by atoms with E-state index < -0.39 is 0 Å². The van der Waals surface area contributed by atoms with Crippen molar-refractivity contribution in [3.63, 3.8) is 0 Å². The van der Waals surface area contributed by atoms with Gasteiger partial charge in [-0.2, -0.15) is 0 Å². The Balaban J connectivity index is 1.83. The molecule has 1 saturated carbocycles. The van der Waals surface area contributed by atoms with Crippen molar-refractivity contribution in [2.75, 3.05) is 11.4 Å². The maximum Gasteiger partial charge on any atom is 0.251 e. The van der Waals surface area contributed by atoms with Gasteiger partial charge < -0.3 is 5.32 Å². The highest BCUT2D eigenvalue weighted by molar-refractivity contribution is 6.22. The molecule has 5 heteroatoms. The fraction of sp³-hybridized carbons (Fsp3) is 0.471. The lowest BCUT2D eigenvalue weighted by atomic mass is 9.81. The number of nitrogens with zero attached hydrogens (tertiary/aromatic N) is 1. The van der Waals surface area contributed by atoms with Crippen LogP contribution in [-0.2, 0) is 9.59 Å². The van der Waals surface area contributed by atoms with Gasteiger partial charge in [-0.3, -0.25) is 19.3 Å². The number of anilines is 1. The highest BCUT2D eigenvalue weighted by Crippen LogP contribution is 2.39. The summed E-state index contributed by atoms with van der Waals surface area (Å²) in [7, 11) is 0. The van der Waals surface area contributed by atoms with Gasteiger partial charge in [-0.1, -0.05) is 12.8 Å². The van der Waals surface area contributed by atoms with Crippen molar-refractivity contribution in [1.82, 2.24) is 5.32 Å². The summed E-state index contributed by atoms with van der Waals surface area (Å²) in [6.07, 6.45) is 3.65. The Hall–Kier alpha value is -2.17. The average molecular weight is 300 g/mol. The second-order valence-corrected chi connectivity index (χ2v) is 5.92. The summed E-state index contributed by atoms with van der Waals surface area (Å²) in [4.78, 5) is 38.1. The molecule has 1 N–H and O–H groups in total. The van der Waals surface area contributed by atoms with E-state index in [4.69, 9.17) is 0 Å². The first-order valence-corrected chi connectivity index (χ1v) is 7.89. The van der Waals surface area contributed by atoms with E-state index in [1.165, 1.54) is 4.90 Å². The molecule has 2 atom stereocenters. The van der Waals surface area contributed by atoms with Crippen LogP contribution in [-0.4, -0.2) is 24.3 Å². The number of carbonyl (C=O) groups excluding carboxylic acids is 3. The Labute approximate surface area is 129 Å². The van der Waals surface area contributed by atoms with Crippen molar-refractivity contribution in [2.24, 2.45) is 11.8 Å². The molecule has 3 rings (SSSR count). The summed E-state index contributed by atoms with van der Waals surface area (Å²) in [5.74, 6) is -0.614. The molecule has 1 aromatic rings. The molecule has 5 nitrogen and oxygen atoms in total. The molecule has 0 bridgehead atoms. The van der Waals surface area contributed by atoms with E-state index in [1.54, 1.807) is 24.3 Å². The van der Waals surface area contributed by atoms with E-state index in [0.717, 1.165) is 25.7 Å². The van der Waals surface area contributed by atoms with Gasteiger partial charge in [0.15, 0.2) is 0 Å². The normalized spacial score (nSPS) is 24.3. The number of carbonyl (C=O) groups is 3. The van der Waals surface area contributed by atoms with Crippen molar-refractivity contribution < 1.29 is 14.4 Å². The second-order valence-electron chi connectivity index (χ2n) is 5.92. The van der Waals surface area contributed by atoms with Gasteiger partial charge in [-0.15, -0.1) is 0 Å². The number of nitrogens with one attached hydrogen (secondary N) is 1. The molecule has 1 saturated heterocycles. The molecule has 1 aliphatic carbocycles. The van der Waals surface area contributed by atoms with Crippen molar-refractivity contribution in [3.05, 3.63) is 29.8 Å². The van der Waals surface area contributed by atoms with Crippen LogP contribution in [0.1, 0.15) is 43.0 Å². The van der Waals surface area contributed by atoms with Crippen molar-refractivity contribution in [2.45, 2.75) is 32.6 Å². The number of imide groups is 1. The molecule has 2 unspecified atom stereocenters. The van der Waals surface area contributed by atoms with Gasteiger partial charge >= 0.3 is 0 Å². The highest BCUT2D eigenvalue weighted by Gasteiger charge is 2.48. The van der Waals surface area contributed by atoms with Crippen LogP contribution in [0.4, 0.5) is 5.69 Å². The molecule has 2 aliphatic rings. The molecule has 3 amide bonds. The van der Waals surface area contributed by atoms with Crippen LogP contribution >= 0.6 is 0 Å². The molecule has 1 aliphatic heterocycles. The fourth-order valence-electron chi connectivity index (χ4n) is 3.44. The summed E-state index contributed by atoms with van der Waals surface area (Å²) in [5, 5.41) is 2.72. The smallest absolute Gasteiger partial charge is 0.251 e. The minimum absolute atomic E-state index is 0.0829. The zero-order chi connectivity index (χ0) is 15.7. The molecule has 1 heterocycles. The van der Waals surface area contributed by atoms with Gasteiger partial charge in [0.2, 0.25) is 11.8 Å². The number of rotatable bonds is 3. The van der Waals surface area contributed by atoms with Crippen LogP contribution < -0.4 is 10.2 Å². The van der Waals surface area contributed by atoms with Gasteiger partial charge in [0.1, 0.15) is 0 Å². The Morgan fingerprint density at radius 1 is 1.09 bits per heavy atom. The monoisotopic (exact) mass is 300 g/mol. The number of amides is 3. The van der Waals surface area contributed by atoms with Crippen LogP contribution in [0.5, 0.6) is 0 Å². The molecule has 0 aromatic heterocycles. The third kappa shape index (κ3) is 2.40. The number of hydrogen-bond acceptors (Lipinski definition) is 3. The molecule has 0 spiro atoms. The SMILES string of the molecule is CCNC(=O)c1ccc(N2C(=O)C3CCCCC3C2=O)cc1. The lowest BCUT2D eigenvalue weighted by Gasteiger charge is -2.19. The molecular weight excluding hydrogens is 280 g/mol. The van der Waals surface area contributed by atoms with E-state index in [9.17, 15) is 14.4 Å². The van der Waals surface area contributed by atoms with E-state index in [0.29, 0.717) is 17.8 Å². The Morgan fingerprint density at radius 2 is 1.64 bits per heavy atom. The molecule has 2 fully saturated rings. The molecule has 1 aromatic carbocycles. The van der Waals surface area contributed by atoms with Gasteiger partial charge in [0, 0.05) is 12.1 Å². The third-order valence-electron chi connectivity index (χ3n) is 4.57. The first kappa shape index (κ1) is 14.8. The molecule has 0 radical (unpaired) electrons. The zero-order valence-electron chi connectivity index (χ0n) is 12.7. The Morgan fingerprint density at radius 3 is 2.14 bits per heavy atom. The van der Waals surface area contributed by atoms with Gasteiger partial charge in [0.25, 0.3) is 5.91 Å². The van der Waals surface area contributed by atoms with Crippen molar-refractivity contribution >= 4 is 23.4 Å². The van der Waals surface area contributed by atoms with Gasteiger partial charge in [0.05, 0.1) is 17.5 Å². The molecule has 22 heavy (non-hydrogen) atoms. The second kappa shape index (κ2) is 5.91. The maximum atomic E-state index is 12.5. The topological polar surface area (TPSA) is 66.5 Å². The highest BCUT2D eigenvalue weighted by atomic mass is 16.2. The summed E-state index contributed by atoms with van der Waals surface area (Å²) < 4.78 is 0. The average Bonchev–Trinajstić information content (AvgIpc) is 2.80. The third-order valence-corrected chi connectivity index (χ3v) is 4.57. The first-order chi connectivity index (χ1) is 10.6. The van der Waals surface area contributed by atoms with Crippen LogP contribution in [0.15, 0.2) is 24.3 Å². The summed E-state index contributed by atoms with van der Waals surface area (Å²) in [6.45, 7) is 2.42. The Kier molecular flexibility index (Phi) is 3.96. The number of hydrogen-bond donors (Lipinski definition) is 1. The quantitative estimate of drug-likeness (QED) is 0.869. The molecular formula is C17H20N2O3. The van der Waals surface area contributed by atoms with E-state index in [1.807, 2.05) is 6.92 Å². The summed E-state index contributed by atoms with van der Waals surface area (Å²) in [6, 6.07) is 6.67. The van der Waals surface area contributed by atoms with E-state index in [2.05, 4.69) is 5.32 Å². The van der Waals surface area contributed by atoms with Crippen molar-refractivity contribution in [3.8, 4) is 0 Å². The summed E-state index contributed by atoms with van der Waals surface area (Å²) >= 11 is 0. The number of fused-ring (bicyclic) bond motifs is 1. The maximum absolute atomic E-state index is 12.5. The van der Waals surface area contributed by atoms with Crippen LogP contribution in [0.2, 0.25) is 0 Å². The van der Waals surface area contributed by atoms with Crippen LogP contribution in [0.3, 0.4) is 0 Å². The van der Waals surface area contributed by atoms with Gasteiger partial charge in [-0.05, 0) is 44.0 Å².